The van der Waals surface area contributed by atoms with Gasteiger partial charge in [0.15, 0.2) is 5.78 Å². The Balaban J connectivity index is 1.86. The Labute approximate surface area is 157 Å². The van der Waals surface area contributed by atoms with Crippen molar-refractivity contribution >= 4 is 11.8 Å². The van der Waals surface area contributed by atoms with Crippen LogP contribution in [0.15, 0.2) is 29.1 Å². The van der Waals surface area contributed by atoms with Gasteiger partial charge in [-0.25, -0.2) is 14.3 Å². The number of rotatable bonds is 4. The highest BCUT2D eigenvalue weighted by Crippen LogP contribution is 2.25. The summed E-state index contributed by atoms with van der Waals surface area (Å²) in [5, 5.41) is 4.30. The molecule has 0 saturated carbocycles. The zero-order valence-corrected chi connectivity index (χ0v) is 16.2. The van der Waals surface area contributed by atoms with Gasteiger partial charge in [0.25, 0.3) is 0 Å². The normalized spacial score (nSPS) is 16.7. The Morgan fingerprint density at radius 3 is 2.52 bits per heavy atom. The van der Waals surface area contributed by atoms with Gasteiger partial charge >= 0.3 is 11.7 Å². The Bertz CT molecular complexity index is 916. The van der Waals surface area contributed by atoms with E-state index in [0.29, 0.717) is 24.2 Å². The van der Waals surface area contributed by atoms with Gasteiger partial charge in [0.2, 0.25) is 0 Å². The largest absolute Gasteiger partial charge is 0.458 e. The monoisotopic (exact) mass is 371 g/mol. The van der Waals surface area contributed by atoms with Crippen molar-refractivity contribution in [1.29, 1.82) is 0 Å². The molecule has 0 radical (unpaired) electrons. The molecule has 1 atom stereocenters. The minimum Gasteiger partial charge on any atom is -0.458 e. The van der Waals surface area contributed by atoms with E-state index in [1.807, 2.05) is 19.1 Å². The number of ketones is 1. The fourth-order valence-electron chi connectivity index (χ4n) is 3.19. The predicted molar refractivity (Wildman–Crippen MR) is 99.8 cm³/mol. The summed E-state index contributed by atoms with van der Waals surface area (Å²) in [5.41, 5.74) is 0.514. The third-order valence-electron chi connectivity index (χ3n) is 4.48. The lowest BCUT2D eigenvalue weighted by Crippen LogP contribution is -2.38. The minimum atomic E-state index is -0.691. The van der Waals surface area contributed by atoms with Crippen molar-refractivity contribution in [2.45, 2.75) is 65.1 Å². The van der Waals surface area contributed by atoms with Crippen LogP contribution in [0.3, 0.4) is 0 Å². The molecule has 0 amide bonds. The maximum absolute atomic E-state index is 12.8. The predicted octanol–water partition coefficient (Wildman–Crippen LogP) is 2.46. The number of fused-ring (bicyclic) bond motifs is 1. The van der Waals surface area contributed by atoms with Crippen LogP contribution in [0.1, 0.15) is 61.4 Å². The molecule has 1 aromatic carbocycles. The Morgan fingerprint density at radius 1 is 1.22 bits per heavy atom. The lowest BCUT2D eigenvalue weighted by atomic mass is 10.0. The minimum absolute atomic E-state index is 0.150. The highest BCUT2D eigenvalue weighted by molar-refractivity contribution is 5.95. The second-order valence-electron chi connectivity index (χ2n) is 7.96. The molecule has 2 heterocycles. The van der Waals surface area contributed by atoms with E-state index in [1.165, 1.54) is 4.57 Å². The fraction of sp³-hybridized carbons (Fsp3) is 0.500. The summed E-state index contributed by atoms with van der Waals surface area (Å²) in [6, 6.07) is 6.49. The SMILES string of the molecule is Cc1ccc(C(=O)Cn2nc3n(c2=O)[C@H](C(=O)OC(C)(C)C)CCC3)cc1. The first-order valence-electron chi connectivity index (χ1n) is 9.16. The number of hydrogen-bond acceptors (Lipinski definition) is 5. The van der Waals surface area contributed by atoms with Crippen LogP contribution in [0.5, 0.6) is 0 Å². The third kappa shape index (κ3) is 4.18. The Hall–Kier alpha value is -2.70. The van der Waals surface area contributed by atoms with Crippen LogP contribution in [-0.4, -0.2) is 31.7 Å². The van der Waals surface area contributed by atoms with Crippen molar-refractivity contribution in [2.75, 3.05) is 0 Å². The highest BCUT2D eigenvalue weighted by atomic mass is 16.6. The highest BCUT2D eigenvalue weighted by Gasteiger charge is 2.33. The maximum atomic E-state index is 12.8. The van der Waals surface area contributed by atoms with E-state index >= 15 is 0 Å². The van der Waals surface area contributed by atoms with Crippen LogP contribution in [0, 0.1) is 6.92 Å². The van der Waals surface area contributed by atoms with E-state index in [4.69, 9.17) is 4.74 Å². The van der Waals surface area contributed by atoms with Crippen molar-refractivity contribution in [3.63, 3.8) is 0 Å². The summed E-state index contributed by atoms with van der Waals surface area (Å²) in [5.74, 6) is -0.102. The summed E-state index contributed by atoms with van der Waals surface area (Å²) >= 11 is 0. The number of nitrogens with zero attached hydrogens (tertiary/aromatic N) is 3. The van der Waals surface area contributed by atoms with E-state index in [0.717, 1.165) is 16.7 Å². The smallest absolute Gasteiger partial charge is 0.347 e. The molecule has 0 fully saturated rings. The van der Waals surface area contributed by atoms with E-state index in [1.54, 1.807) is 32.9 Å². The lowest BCUT2D eigenvalue weighted by molar-refractivity contribution is -0.159. The van der Waals surface area contributed by atoms with Crippen molar-refractivity contribution < 1.29 is 14.3 Å². The summed E-state index contributed by atoms with van der Waals surface area (Å²) in [4.78, 5) is 37.8. The summed E-state index contributed by atoms with van der Waals surface area (Å²) in [6.07, 6.45) is 1.87. The molecule has 0 saturated heterocycles. The van der Waals surface area contributed by atoms with Crippen LogP contribution < -0.4 is 5.69 Å². The zero-order valence-electron chi connectivity index (χ0n) is 16.2. The maximum Gasteiger partial charge on any atom is 0.347 e. The number of ether oxygens (including phenoxy) is 1. The Kier molecular flexibility index (Phi) is 5.04. The topological polar surface area (TPSA) is 83.2 Å². The molecule has 27 heavy (non-hydrogen) atoms. The van der Waals surface area contributed by atoms with Gasteiger partial charge in [-0.3, -0.25) is 9.36 Å². The second-order valence-corrected chi connectivity index (χ2v) is 7.96. The molecule has 1 aliphatic heterocycles. The Morgan fingerprint density at radius 2 is 1.89 bits per heavy atom. The summed E-state index contributed by atoms with van der Waals surface area (Å²) in [6.45, 7) is 7.17. The molecule has 144 valence electrons. The van der Waals surface area contributed by atoms with Gasteiger partial charge in [-0.2, -0.15) is 5.10 Å². The molecule has 1 aromatic heterocycles. The lowest BCUT2D eigenvalue weighted by Gasteiger charge is -2.26. The molecule has 0 N–H and O–H groups in total. The molecular formula is C20H25N3O4. The number of carbonyl (C=O) groups is 2. The molecule has 0 bridgehead atoms. The number of Topliss-reactive ketones (excluding diaryl/α,β-unsaturated/α-hetero) is 1. The molecule has 0 spiro atoms. The van der Waals surface area contributed by atoms with Gasteiger partial charge in [-0.1, -0.05) is 29.8 Å². The van der Waals surface area contributed by atoms with Crippen molar-refractivity contribution in [2.24, 2.45) is 0 Å². The van der Waals surface area contributed by atoms with Gasteiger partial charge in [-0.05, 0) is 40.5 Å². The van der Waals surface area contributed by atoms with Crippen molar-refractivity contribution in [3.05, 3.63) is 51.7 Å². The first-order valence-corrected chi connectivity index (χ1v) is 9.16. The van der Waals surface area contributed by atoms with Crippen LogP contribution >= 0.6 is 0 Å². The number of esters is 1. The second kappa shape index (κ2) is 7.13. The molecule has 1 aliphatic rings. The molecule has 2 aromatic rings. The molecule has 0 unspecified atom stereocenters. The number of benzene rings is 1. The van der Waals surface area contributed by atoms with E-state index in [9.17, 15) is 14.4 Å². The van der Waals surface area contributed by atoms with Crippen LogP contribution in [0.25, 0.3) is 0 Å². The van der Waals surface area contributed by atoms with E-state index < -0.39 is 23.3 Å². The summed E-state index contributed by atoms with van der Waals surface area (Å²) < 4.78 is 8.00. The number of carbonyl (C=O) groups excluding carboxylic acids is 2. The fourth-order valence-corrected chi connectivity index (χ4v) is 3.19. The molecule has 3 rings (SSSR count). The third-order valence-corrected chi connectivity index (χ3v) is 4.48. The van der Waals surface area contributed by atoms with Crippen LogP contribution in [0.4, 0.5) is 0 Å². The summed E-state index contributed by atoms with van der Waals surface area (Å²) in [7, 11) is 0. The molecule has 0 aliphatic carbocycles. The van der Waals surface area contributed by atoms with Gasteiger partial charge in [0, 0.05) is 12.0 Å². The molecular weight excluding hydrogens is 346 g/mol. The van der Waals surface area contributed by atoms with Gasteiger partial charge < -0.3 is 4.74 Å². The zero-order chi connectivity index (χ0) is 19.8. The van der Waals surface area contributed by atoms with Crippen molar-refractivity contribution in [3.8, 4) is 0 Å². The van der Waals surface area contributed by atoms with Crippen LogP contribution in [-0.2, 0) is 22.5 Å². The molecule has 7 heteroatoms. The molecule has 7 nitrogen and oxygen atoms in total. The van der Waals surface area contributed by atoms with Gasteiger partial charge in [-0.15, -0.1) is 0 Å². The van der Waals surface area contributed by atoms with Crippen molar-refractivity contribution in [1.82, 2.24) is 14.3 Å². The van der Waals surface area contributed by atoms with E-state index in [-0.39, 0.29) is 12.3 Å². The van der Waals surface area contributed by atoms with Gasteiger partial charge in [0.05, 0.1) is 0 Å². The quantitative estimate of drug-likeness (QED) is 0.609. The number of aryl methyl sites for hydroxylation is 2. The van der Waals surface area contributed by atoms with E-state index in [2.05, 4.69) is 5.10 Å². The number of hydrogen-bond donors (Lipinski definition) is 0. The first-order chi connectivity index (χ1) is 12.7. The standard InChI is InChI=1S/C20H25N3O4/c1-13-8-10-14(11-9-13)16(24)12-22-19(26)23-15(6-5-7-17(23)21-22)18(25)27-20(2,3)4/h8-11,15H,5-7,12H2,1-4H3/t15-/m0/s1. The average Bonchev–Trinajstić information content (AvgIpc) is 2.90. The average molecular weight is 371 g/mol. The van der Waals surface area contributed by atoms with Gasteiger partial charge in [0.1, 0.15) is 24.0 Å². The number of aromatic nitrogens is 3. The first kappa shape index (κ1) is 19.1. The van der Waals surface area contributed by atoms with Crippen LogP contribution in [0.2, 0.25) is 0 Å².